The topological polar surface area (TPSA) is 79.4 Å². The van der Waals surface area contributed by atoms with Gasteiger partial charge >= 0.3 is 0 Å². The fourth-order valence-electron chi connectivity index (χ4n) is 2.87. The summed E-state index contributed by atoms with van der Waals surface area (Å²) in [5.74, 6) is 0.553. The molecule has 1 aliphatic heterocycles. The van der Waals surface area contributed by atoms with E-state index in [1.54, 1.807) is 18.6 Å². The zero-order chi connectivity index (χ0) is 17.9. The van der Waals surface area contributed by atoms with E-state index < -0.39 is 0 Å². The van der Waals surface area contributed by atoms with Crippen molar-refractivity contribution >= 4 is 23.0 Å². The summed E-state index contributed by atoms with van der Waals surface area (Å²) in [6.07, 6.45) is 7.26. The van der Waals surface area contributed by atoms with Crippen molar-refractivity contribution < 1.29 is 9.53 Å². The molecule has 1 atom stereocenters. The predicted molar refractivity (Wildman–Crippen MR) is 100 cm³/mol. The number of pyridine rings is 1. The smallest absolute Gasteiger partial charge is 0.257 e. The summed E-state index contributed by atoms with van der Waals surface area (Å²) in [6.45, 7) is 1.89. The summed E-state index contributed by atoms with van der Waals surface area (Å²) in [4.78, 5) is 24.2. The molecule has 0 fully saturated rings. The van der Waals surface area contributed by atoms with Crippen molar-refractivity contribution in [1.29, 1.82) is 0 Å². The molecule has 130 valence electrons. The normalized spacial score (nSPS) is 16.3. The fourth-order valence-corrected chi connectivity index (χ4v) is 2.87. The number of aromatic amines is 1. The fraction of sp³-hybridized carbons (Fsp3) is 0.150. The van der Waals surface area contributed by atoms with E-state index in [-0.39, 0.29) is 12.1 Å². The average molecular weight is 346 g/mol. The van der Waals surface area contributed by atoms with Crippen molar-refractivity contribution in [2.24, 2.45) is 4.99 Å². The molecule has 0 spiro atoms. The number of dihydropyridines is 1. The number of nitrogens with zero attached hydrogens (tertiary/aromatic N) is 2. The summed E-state index contributed by atoms with van der Waals surface area (Å²) in [5.41, 5.74) is 3.04. The van der Waals surface area contributed by atoms with Crippen LogP contribution in [0.15, 0.2) is 65.6 Å². The third-order valence-electron chi connectivity index (χ3n) is 4.23. The van der Waals surface area contributed by atoms with Crippen LogP contribution in [0.4, 0.5) is 0 Å². The highest BCUT2D eigenvalue weighted by Gasteiger charge is 2.16. The largest absolute Gasteiger partial charge is 0.467 e. The zero-order valence-electron chi connectivity index (χ0n) is 14.3. The lowest BCUT2D eigenvalue weighted by Gasteiger charge is -2.18. The Labute approximate surface area is 150 Å². The van der Waals surface area contributed by atoms with E-state index in [1.165, 1.54) is 0 Å². The van der Waals surface area contributed by atoms with Gasteiger partial charge in [0.2, 0.25) is 0 Å². The standard InChI is InChI=1S/C20H18N4O2/c1-13-18(7-4-10-21-13)26-19-9-8-14(11-23-19)24-20(25)16-12-22-17-6-3-2-5-15(16)17/h2-8,10-12,19,22H,9H2,1H3,(H,24,25). The molecule has 1 unspecified atom stereocenters. The quantitative estimate of drug-likeness (QED) is 0.760. The van der Waals surface area contributed by atoms with Crippen molar-refractivity contribution in [2.45, 2.75) is 19.6 Å². The Hall–Kier alpha value is -3.41. The van der Waals surface area contributed by atoms with Gasteiger partial charge in [-0.3, -0.25) is 9.78 Å². The Morgan fingerprint density at radius 3 is 2.96 bits per heavy atom. The highest BCUT2D eigenvalue weighted by molar-refractivity contribution is 6.08. The number of para-hydroxylation sites is 1. The number of aromatic nitrogens is 2. The van der Waals surface area contributed by atoms with Gasteiger partial charge in [-0.25, -0.2) is 4.99 Å². The molecular formula is C20H18N4O2. The van der Waals surface area contributed by atoms with E-state index in [0.717, 1.165) is 16.6 Å². The number of ether oxygens (including phenoxy) is 1. The van der Waals surface area contributed by atoms with Gasteiger partial charge in [-0.2, -0.15) is 0 Å². The third-order valence-corrected chi connectivity index (χ3v) is 4.23. The second-order valence-electron chi connectivity index (χ2n) is 6.03. The summed E-state index contributed by atoms with van der Waals surface area (Å²) in [6, 6.07) is 11.4. The van der Waals surface area contributed by atoms with Gasteiger partial charge in [0.05, 0.1) is 17.0 Å². The molecule has 0 radical (unpaired) electrons. The second-order valence-corrected chi connectivity index (χ2v) is 6.03. The maximum absolute atomic E-state index is 12.5. The number of H-pyrrole nitrogens is 1. The lowest BCUT2D eigenvalue weighted by molar-refractivity contribution is 0.0969. The van der Waals surface area contributed by atoms with E-state index >= 15 is 0 Å². The molecule has 1 aromatic carbocycles. The van der Waals surface area contributed by atoms with Crippen LogP contribution in [0.3, 0.4) is 0 Å². The van der Waals surface area contributed by atoms with Gasteiger partial charge in [-0.15, -0.1) is 0 Å². The molecule has 6 heteroatoms. The van der Waals surface area contributed by atoms with Gasteiger partial charge in [0.1, 0.15) is 5.75 Å². The summed E-state index contributed by atoms with van der Waals surface area (Å²) in [5, 5.41) is 3.79. The first-order valence-electron chi connectivity index (χ1n) is 8.40. The van der Waals surface area contributed by atoms with Gasteiger partial charge in [-0.1, -0.05) is 24.3 Å². The van der Waals surface area contributed by atoms with Crippen LogP contribution in [0.1, 0.15) is 22.5 Å². The number of carbonyl (C=O) groups is 1. The Morgan fingerprint density at radius 2 is 2.15 bits per heavy atom. The van der Waals surface area contributed by atoms with Gasteiger partial charge in [0, 0.05) is 35.9 Å². The van der Waals surface area contributed by atoms with E-state index in [4.69, 9.17) is 4.74 Å². The number of benzene rings is 1. The number of nitrogens with one attached hydrogen (secondary N) is 2. The number of rotatable bonds is 4. The van der Waals surface area contributed by atoms with E-state index in [0.29, 0.717) is 23.4 Å². The molecule has 3 heterocycles. The van der Waals surface area contributed by atoms with Gasteiger partial charge < -0.3 is 15.0 Å². The molecule has 0 bridgehead atoms. The van der Waals surface area contributed by atoms with Crippen LogP contribution in [0.25, 0.3) is 10.9 Å². The van der Waals surface area contributed by atoms with Crippen molar-refractivity contribution in [1.82, 2.24) is 15.3 Å². The highest BCUT2D eigenvalue weighted by Crippen LogP contribution is 2.20. The number of amides is 1. The number of aliphatic imine (C=N–C) groups is 1. The molecular weight excluding hydrogens is 328 g/mol. The predicted octanol–water partition coefficient (Wildman–Crippen LogP) is 3.36. The van der Waals surface area contributed by atoms with Crippen molar-refractivity contribution in [3.05, 3.63) is 71.8 Å². The molecule has 3 aromatic rings. The first-order valence-corrected chi connectivity index (χ1v) is 8.40. The number of aryl methyl sites for hydroxylation is 1. The Morgan fingerprint density at radius 1 is 1.27 bits per heavy atom. The number of hydrogen-bond acceptors (Lipinski definition) is 4. The molecule has 0 aliphatic carbocycles. The van der Waals surface area contributed by atoms with Gasteiger partial charge in [0.15, 0.2) is 6.23 Å². The van der Waals surface area contributed by atoms with Crippen LogP contribution in [0, 0.1) is 6.92 Å². The maximum atomic E-state index is 12.5. The van der Waals surface area contributed by atoms with Crippen LogP contribution in [0.5, 0.6) is 5.75 Å². The molecule has 0 saturated heterocycles. The minimum Gasteiger partial charge on any atom is -0.467 e. The SMILES string of the molecule is Cc1ncccc1OC1CC=C(NC(=O)c2c[nH]c3ccccc23)C=N1. The van der Waals surface area contributed by atoms with Gasteiger partial charge in [-0.05, 0) is 25.1 Å². The van der Waals surface area contributed by atoms with Crippen molar-refractivity contribution in [3.63, 3.8) is 0 Å². The monoisotopic (exact) mass is 346 g/mol. The van der Waals surface area contributed by atoms with E-state index in [9.17, 15) is 4.79 Å². The zero-order valence-corrected chi connectivity index (χ0v) is 14.3. The Kier molecular flexibility index (Phi) is 4.23. The minimum absolute atomic E-state index is 0.164. The van der Waals surface area contributed by atoms with Gasteiger partial charge in [0.25, 0.3) is 5.91 Å². The summed E-state index contributed by atoms with van der Waals surface area (Å²) in [7, 11) is 0. The highest BCUT2D eigenvalue weighted by atomic mass is 16.5. The van der Waals surface area contributed by atoms with Crippen LogP contribution in [-0.4, -0.2) is 28.3 Å². The average Bonchev–Trinajstić information content (AvgIpc) is 3.09. The van der Waals surface area contributed by atoms with E-state index in [1.807, 2.05) is 49.4 Å². The third kappa shape index (κ3) is 3.21. The molecule has 1 aliphatic rings. The number of allylic oxidation sites excluding steroid dienone is 1. The van der Waals surface area contributed by atoms with Crippen molar-refractivity contribution in [2.75, 3.05) is 0 Å². The Bertz CT molecular complexity index is 1020. The Balaban J connectivity index is 1.41. The first kappa shape index (κ1) is 16.1. The van der Waals surface area contributed by atoms with Crippen LogP contribution in [0.2, 0.25) is 0 Å². The molecule has 6 nitrogen and oxygen atoms in total. The summed E-state index contributed by atoms with van der Waals surface area (Å²) >= 11 is 0. The molecule has 4 rings (SSSR count). The van der Waals surface area contributed by atoms with Crippen LogP contribution >= 0.6 is 0 Å². The van der Waals surface area contributed by atoms with E-state index in [2.05, 4.69) is 20.3 Å². The van der Waals surface area contributed by atoms with Crippen molar-refractivity contribution in [3.8, 4) is 5.75 Å². The second kappa shape index (κ2) is 6.84. The summed E-state index contributed by atoms with van der Waals surface area (Å²) < 4.78 is 5.85. The minimum atomic E-state index is -0.313. The van der Waals surface area contributed by atoms with Crippen LogP contribution < -0.4 is 10.1 Å². The van der Waals surface area contributed by atoms with Crippen LogP contribution in [-0.2, 0) is 0 Å². The maximum Gasteiger partial charge on any atom is 0.257 e. The number of carbonyl (C=O) groups excluding carboxylic acids is 1. The molecule has 1 amide bonds. The lowest BCUT2D eigenvalue weighted by atomic mass is 10.1. The lowest BCUT2D eigenvalue weighted by Crippen LogP contribution is -2.27. The molecule has 0 saturated carbocycles. The molecule has 26 heavy (non-hydrogen) atoms. The molecule has 2 N–H and O–H groups in total. The number of fused-ring (bicyclic) bond motifs is 1. The first-order chi connectivity index (χ1) is 12.7. The number of hydrogen-bond donors (Lipinski definition) is 2. The molecule has 2 aromatic heterocycles.